The lowest BCUT2D eigenvalue weighted by Gasteiger charge is -2.07. The average Bonchev–Trinajstić information content (AvgIpc) is 2.26. The minimum absolute atomic E-state index is 0.0509. The molecule has 0 fully saturated rings. The fraction of sp³-hybridized carbons (Fsp3) is 0.333. The van der Waals surface area contributed by atoms with Crippen LogP contribution in [0, 0.1) is 5.39 Å². The second kappa shape index (κ2) is 5.04. The number of diazo groups is 1. The van der Waals surface area contributed by atoms with Gasteiger partial charge >= 0.3 is 5.69 Å². The number of anilines is 1. The lowest BCUT2D eigenvalue weighted by molar-refractivity contribution is 0.311. The summed E-state index contributed by atoms with van der Waals surface area (Å²) in [6.45, 7) is 0.501. The van der Waals surface area contributed by atoms with Crippen LogP contribution in [0.3, 0.4) is 0 Å². The van der Waals surface area contributed by atoms with Gasteiger partial charge < -0.3 is 15.2 Å². The van der Waals surface area contributed by atoms with Gasteiger partial charge in [-0.3, -0.25) is 0 Å². The fourth-order valence-electron chi connectivity index (χ4n) is 1.08. The third-order valence-corrected chi connectivity index (χ3v) is 1.73. The van der Waals surface area contributed by atoms with E-state index < -0.39 is 0 Å². The average molecular weight is 194 g/mol. The van der Waals surface area contributed by atoms with Crippen LogP contribution in [-0.4, -0.2) is 25.4 Å². The van der Waals surface area contributed by atoms with Crippen LogP contribution < -0.4 is 10.1 Å². The quantitative estimate of drug-likeness (QED) is 0.714. The Kier molecular flexibility index (Phi) is 3.70. The van der Waals surface area contributed by atoms with Crippen molar-refractivity contribution in [2.75, 3.05) is 25.6 Å². The zero-order valence-corrected chi connectivity index (χ0v) is 7.90. The van der Waals surface area contributed by atoms with E-state index >= 15 is 0 Å². The number of benzene rings is 1. The van der Waals surface area contributed by atoms with Crippen molar-refractivity contribution in [3.8, 4) is 5.75 Å². The van der Waals surface area contributed by atoms with Crippen molar-refractivity contribution in [2.45, 2.75) is 0 Å². The molecule has 0 spiro atoms. The van der Waals surface area contributed by atoms with Crippen LogP contribution in [0.5, 0.6) is 5.75 Å². The zero-order chi connectivity index (χ0) is 10.4. The van der Waals surface area contributed by atoms with E-state index in [1.807, 2.05) is 0 Å². The molecular formula is C9H12N3O2+. The van der Waals surface area contributed by atoms with Gasteiger partial charge in [0.25, 0.3) is 0 Å². The molecule has 0 amide bonds. The van der Waals surface area contributed by atoms with E-state index in [9.17, 15) is 0 Å². The molecule has 5 heteroatoms. The predicted molar refractivity (Wildman–Crippen MR) is 53.3 cm³/mol. The molecule has 0 bridgehead atoms. The molecule has 1 aromatic rings. The van der Waals surface area contributed by atoms with Crippen LogP contribution in [0.15, 0.2) is 18.2 Å². The summed E-state index contributed by atoms with van der Waals surface area (Å²) in [4.78, 5) is 3.04. The Morgan fingerprint density at radius 3 is 2.93 bits per heavy atom. The second-order valence-corrected chi connectivity index (χ2v) is 2.63. The highest BCUT2D eigenvalue weighted by molar-refractivity contribution is 5.63. The first-order valence-electron chi connectivity index (χ1n) is 4.19. The Morgan fingerprint density at radius 2 is 2.36 bits per heavy atom. The number of hydrogen-bond donors (Lipinski definition) is 2. The third kappa shape index (κ3) is 2.34. The first-order valence-corrected chi connectivity index (χ1v) is 4.19. The minimum Gasteiger partial charge on any atom is -0.494 e. The zero-order valence-electron chi connectivity index (χ0n) is 7.90. The number of methoxy groups -OCH3 is 1. The standard InChI is InChI=1S/C9H12N3O2/c1-14-9-6-7(12-10)2-3-8(9)11-4-5-13/h2-3,6,11,13H,4-5H2,1H3/q+1. The van der Waals surface area contributed by atoms with E-state index in [0.717, 1.165) is 5.69 Å². The third-order valence-electron chi connectivity index (χ3n) is 1.73. The molecule has 5 nitrogen and oxygen atoms in total. The largest absolute Gasteiger partial charge is 0.494 e. The molecule has 0 radical (unpaired) electrons. The molecule has 0 heterocycles. The van der Waals surface area contributed by atoms with Gasteiger partial charge in [0.2, 0.25) is 5.39 Å². The summed E-state index contributed by atoms with van der Waals surface area (Å²) in [6, 6.07) is 4.96. The molecular weight excluding hydrogens is 182 g/mol. The Bertz CT molecular complexity index is 346. The van der Waals surface area contributed by atoms with Crippen molar-refractivity contribution < 1.29 is 9.84 Å². The number of hydrogen-bond acceptors (Lipinski definition) is 4. The molecule has 0 aliphatic rings. The molecule has 0 aliphatic carbocycles. The van der Waals surface area contributed by atoms with E-state index in [-0.39, 0.29) is 6.61 Å². The van der Waals surface area contributed by atoms with Crippen LogP contribution in [0.1, 0.15) is 0 Å². The van der Waals surface area contributed by atoms with Crippen molar-refractivity contribution in [3.63, 3.8) is 0 Å². The van der Waals surface area contributed by atoms with E-state index in [0.29, 0.717) is 18.0 Å². The molecule has 0 saturated carbocycles. The number of aliphatic hydroxyl groups excluding tert-OH is 1. The topological polar surface area (TPSA) is 69.6 Å². The number of aliphatic hydroxyl groups is 1. The van der Waals surface area contributed by atoms with E-state index in [1.54, 1.807) is 18.2 Å². The number of ether oxygens (including phenoxy) is 1. The van der Waals surface area contributed by atoms with Crippen LogP contribution in [0.4, 0.5) is 11.4 Å². The van der Waals surface area contributed by atoms with Gasteiger partial charge in [0.1, 0.15) is 5.75 Å². The Labute approximate surface area is 81.9 Å². The summed E-state index contributed by atoms with van der Waals surface area (Å²) in [6.07, 6.45) is 0. The molecule has 0 aromatic heterocycles. The number of nitrogens with zero attached hydrogens (tertiary/aromatic N) is 2. The lowest BCUT2D eigenvalue weighted by atomic mass is 10.2. The maximum atomic E-state index is 8.63. The van der Waals surface area contributed by atoms with Gasteiger partial charge in [0.15, 0.2) is 4.98 Å². The highest BCUT2D eigenvalue weighted by atomic mass is 16.5. The van der Waals surface area contributed by atoms with E-state index in [4.69, 9.17) is 15.2 Å². The summed E-state index contributed by atoms with van der Waals surface area (Å²) in [5, 5.41) is 20.1. The Hall–Kier alpha value is -1.80. The number of rotatable bonds is 4. The normalized spacial score (nSPS) is 9.21. The summed E-state index contributed by atoms with van der Waals surface area (Å²) in [7, 11) is 1.53. The van der Waals surface area contributed by atoms with Crippen molar-refractivity contribution in [1.29, 1.82) is 5.39 Å². The van der Waals surface area contributed by atoms with Crippen molar-refractivity contribution >= 4 is 11.4 Å². The fourth-order valence-corrected chi connectivity index (χ4v) is 1.08. The monoisotopic (exact) mass is 194 g/mol. The Balaban J connectivity index is 2.89. The molecule has 1 aromatic carbocycles. The smallest absolute Gasteiger partial charge is 0.388 e. The van der Waals surface area contributed by atoms with E-state index in [1.165, 1.54) is 7.11 Å². The molecule has 0 aliphatic heterocycles. The van der Waals surface area contributed by atoms with Gasteiger partial charge in [0.05, 0.1) is 25.5 Å². The van der Waals surface area contributed by atoms with Crippen molar-refractivity contribution in [1.82, 2.24) is 0 Å². The maximum absolute atomic E-state index is 8.63. The number of nitrogens with one attached hydrogen (secondary N) is 1. The van der Waals surface area contributed by atoms with Gasteiger partial charge in [-0.2, -0.15) is 0 Å². The summed E-state index contributed by atoms with van der Waals surface area (Å²) >= 11 is 0. The molecule has 74 valence electrons. The van der Waals surface area contributed by atoms with Crippen LogP contribution in [0.25, 0.3) is 4.98 Å². The summed E-state index contributed by atoms with van der Waals surface area (Å²) in [5.74, 6) is 0.578. The van der Waals surface area contributed by atoms with Gasteiger partial charge in [-0.25, -0.2) is 0 Å². The molecule has 2 N–H and O–H groups in total. The summed E-state index contributed by atoms with van der Waals surface area (Å²) < 4.78 is 5.07. The van der Waals surface area contributed by atoms with Gasteiger partial charge in [-0.15, -0.1) is 0 Å². The van der Waals surface area contributed by atoms with Gasteiger partial charge in [0, 0.05) is 12.6 Å². The minimum atomic E-state index is 0.0509. The Morgan fingerprint density at radius 1 is 1.57 bits per heavy atom. The molecule has 1 rings (SSSR count). The highest BCUT2D eigenvalue weighted by Gasteiger charge is 2.10. The van der Waals surface area contributed by atoms with Crippen molar-refractivity contribution in [3.05, 3.63) is 23.2 Å². The molecule has 14 heavy (non-hydrogen) atoms. The molecule has 0 saturated heterocycles. The first kappa shape index (κ1) is 10.3. The van der Waals surface area contributed by atoms with Crippen LogP contribution >= 0.6 is 0 Å². The van der Waals surface area contributed by atoms with Gasteiger partial charge in [-0.1, -0.05) is 0 Å². The molecule has 0 unspecified atom stereocenters. The SMILES string of the molecule is COc1cc([N+]#N)ccc1NCCO. The molecule has 0 atom stereocenters. The maximum Gasteiger partial charge on any atom is 0.388 e. The lowest BCUT2D eigenvalue weighted by Crippen LogP contribution is -2.06. The van der Waals surface area contributed by atoms with Crippen LogP contribution in [0.2, 0.25) is 0 Å². The van der Waals surface area contributed by atoms with E-state index in [2.05, 4.69) is 10.3 Å². The summed E-state index contributed by atoms with van der Waals surface area (Å²) in [5.41, 5.74) is 1.19. The second-order valence-electron chi connectivity index (χ2n) is 2.63. The van der Waals surface area contributed by atoms with Crippen molar-refractivity contribution in [2.24, 2.45) is 0 Å². The highest BCUT2D eigenvalue weighted by Crippen LogP contribution is 2.28. The van der Waals surface area contributed by atoms with Gasteiger partial charge in [-0.05, 0) is 6.07 Å². The first-order chi connectivity index (χ1) is 6.81. The van der Waals surface area contributed by atoms with Crippen LogP contribution in [-0.2, 0) is 0 Å². The predicted octanol–water partition coefficient (Wildman–Crippen LogP) is 1.58.